The molecule has 2 rings (SSSR count). The van der Waals surface area contributed by atoms with Crippen molar-refractivity contribution in [3.8, 4) is 0 Å². The van der Waals surface area contributed by atoms with Crippen molar-refractivity contribution in [1.29, 1.82) is 0 Å². The minimum atomic E-state index is -4.50. The van der Waals surface area contributed by atoms with Crippen molar-refractivity contribution in [1.82, 2.24) is 4.90 Å². The SMILES string of the molecule is CCN1C[C@@H](COC(=O)c2cccc(C(F)(F)F)c2)CC1=O. The molecule has 0 bridgehead atoms. The minimum Gasteiger partial charge on any atom is -0.462 e. The molecule has 1 heterocycles. The van der Waals surface area contributed by atoms with Crippen LogP contribution in [0, 0.1) is 5.92 Å². The zero-order valence-corrected chi connectivity index (χ0v) is 12.0. The van der Waals surface area contributed by atoms with E-state index in [0.29, 0.717) is 19.5 Å². The summed E-state index contributed by atoms with van der Waals surface area (Å²) >= 11 is 0. The van der Waals surface area contributed by atoms with Crippen molar-refractivity contribution < 1.29 is 27.5 Å². The molecule has 0 unspecified atom stereocenters. The summed E-state index contributed by atoms with van der Waals surface area (Å²) in [6.07, 6.45) is -4.21. The molecule has 7 heteroatoms. The molecule has 0 saturated carbocycles. The number of amides is 1. The summed E-state index contributed by atoms with van der Waals surface area (Å²) in [4.78, 5) is 25.0. The normalized spacial score (nSPS) is 18.6. The van der Waals surface area contributed by atoms with Gasteiger partial charge in [0.2, 0.25) is 5.91 Å². The molecular weight excluding hydrogens is 299 g/mol. The highest BCUT2D eigenvalue weighted by Crippen LogP contribution is 2.29. The molecule has 0 radical (unpaired) electrons. The fourth-order valence-corrected chi connectivity index (χ4v) is 2.37. The van der Waals surface area contributed by atoms with Crippen LogP contribution < -0.4 is 0 Å². The lowest BCUT2D eigenvalue weighted by atomic mass is 10.1. The number of ether oxygens (including phenoxy) is 1. The number of likely N-dealkylation sites (tertiary alicyclic amines) is 1. The van der Waals surface area contributed by atoms with E-state index in [1.54, 1.807) is 4.90 Å². The molecule has 1 aliphatic heterocycles. The Kier molecular flexibility index (Phi) is 4.73. The van der Waals surface area contributed by atoms with Gasteiger partial charge in [0.05, 0.1) is 17.7 Å². The van der Waals surface area contributed by atoms with Gasteiger partial charge in [-0.3, -0.25) is 4.79 Å². The summed E-state index contributed by atoms with van der Waals surface area (Å²) in [5.41, 5.74) is -1.04. The van der Waals surface area contributed by atoms with Crippen molar-refractivity contribution >= 4 is 11.9 Å². The zero-order valence-electron chi connectivity index (χ0n) is 12.0. The average Bonchev–Trinajstić information content (AvgIpc) is 2.84. The van der Waals surface area contributed by atoms with E-state index in [0.717, 1.165) is 18.2 Å². The number of alkyl halides is 3. The number of rotatable bonds is 4. The predicted molar refractivity (Wildman–Crippen MR) is 72.1 cm³/mol. The van der Waals surface area contributed by atoms with Gasteiger partial charge in [-0.2, -0.15) is 13.2 Å². The fraction of sp³-hybridized carbons (Fsp3) is 0.467. The van der Waals surface area contributed by atoms with Gasteiger partial charge in [0.1, 0.15) is 0 Å². The van der Waals surface area contributed by atoms with Crippen LogP contribution in [0.3, 0.4) is 0 Å². The van der Waals surface area contributed by atoms with Gasteiger partial charge in [-0.15, -0.1) is 0 Å². The Hall–Kier alpha value is -2.05. The number of carbonyl (C=O) groups excluding carboxylic acids is 2. The second kappa shape index (κ2) is 6.37. The molecular formula is C15H16F3NO3. The van der Waals surface area contributed by atoms with Crippen LogP contribution in [-0.4, -0.2) is 36.5 Å². The van der Waals surface area contributed by atoms with Gasteiger partial charge in [-0.05, 0) is 25.1 Å². The van der Waals surface area contributed by atoms with Crippen LogP contribution in [0.4, 0.5) is 13.2 Å². The van der Waals surface area contributed by atoms with Crippen LogP contribution >= 0.6 is 0 Å². The number of hydrogen-bond acceptors (Lipinski definition) is 3. The molecule has 1 aliphatic rings. The zero-order chi connectivity index (χ0) is 16.3. The summed E-state index contributed by atoms with van der Waals surface area (Å²) in [6, 6.07) is 4.10. The van der Waals surface area contributed by atoms with Gasteiger partial charge in [-0.25, -0.2) is 4.79 Å². The van der Waals surface area contributed by atoms with Gasteiger partial charge in [0.25, 0.3) is 0 Å². The smallest absolute Gasteiger partial charge is 0.416 e. The molecule has 0 N–H and O–H groups in total. The van der Waals surface area contributed by atoms with Crippen LogP contribution in [0.1, 0.15) is 29.3 Å². The lowest BCUT2D eigenvalue weighted by Gasteiger charge is -2.14. The van der Waals surface area contributed by atoms with Crippen molar-refractivity contribution in [2.75, 3.05) is 19.7 Å². The van der Waals surface area contributed by atoms with Crippen molar-refractivity contribution in [2.24, 2.45) is 5.92 Å². The molecule has 1 fully saturated rings. The maximum absolute atomic E-state index is 12.6. The largest absolute Gasteiger partial charge is 0.462 e. The van der Waals surface area contributed by atoms with Gasteiger partial charge >= 0.3 is 12.1 Å². The maximum atomic E-state index is 12.6. The predicted octanol–water partition coefficient (Wildman–Crippen LogP) is 2.73. The summed E-state index contributed by atoms with van der Waals surface area (Å²) < 4.78 is 42.8. The van der Waals surface area contributed by atoms with Crippen LogP contribution in [0.15, 0.2) is 24.3 Å². The van der Waals surface area contributed by atoms with E-state index in [2.05, 4.69) is 0 Å². The molecule has 1 amide bonds. The summed E-state index contributed by atoms with van der Waals surface area (Å²) in [6.45, 7) is 2.98. The Morgan fingerprint density at radius 2 is 2.14 bits per heavy atom. The number of nitrogens with zero attached hydrogens (tertiary/aromatic N) is 1. The Morgan fingerprint density at radius 3 is 2.73 bits per heavy atom. The molecule has 0 spiro atoms. The fourth-order valence-electron chi connectivity index (χ4n) is 2.37. The molecule has 4 nitrogen and oxygen atoms in total. The van der Waals surface area contributed by atoms with E-state index in [-0.39, 0.29) is 24.0 Å². The first-order chi connectivity index (χ1) is 10.3. The summed E-state index contributed by atoms with van der Waals surface area (Å²) in [7, 11) is 0. The first-order valence-corrected chi connectivity index (χ1v) is 6.93. The molecule has 120 valence electrons. The Bertz CT molecular complexity index is 571. The highest BCUT2D eigenvalue weighted by Gasteiger charge is 2.32. The lowest BCUT2D eigenvalue weighted by Crippen LogP contribution is -2.25. The number of hydrogen-bond donors (Lipinski definition) is 0. The molecule has 22 heavy (non-hydrogen) atoms. The number of benzene rings is 1. The third-order valence-corrected chi connectivity index (χ3v) is 3.55. The van der Waals surface area contributed by atoms with Crippen LogP contribution in [0.2, 0.25) is 0 Å². The van der Waals surface area contributed by atoms with Crippen molar-refractivity contribution in [3.63, 3.8) is 0 Å². The second-order valence-corrected chi connectivity index (χ2v) is 5.18. The number of esters is 1. The second-order valence-electron chi connectivity index (χ2n) is 5.18. The van der Waals surface area contributed by atoms with Crippen LogP contribution in [-0.2, 0) is 15.7 Å². The van der Waals surface area contributed by atoms with Crippen LogP contribution in [0.5, 0.6) is 0 Å². The van der Waals surface area contributed by atoms with E-state index in [9.17, 15) is 22.8 Å². The molecule has 0 aliphatic carbocycles. The van der Waals surface area contributed by atoms with E-state index < -0.39 is 17.7 Å². The van der Waals surface area contributed by atoms with Crippen molar-refractivity contribution in [3.05, 3.63) is 35.4 Å². The van der Waals surface area contributed by atoms with E-state index in [4.69, 9.17) is 4.74 Å². The molecule has 0 aromatic heterocycles. The van der Waals surface area contributed by atoms with Gasteiger partial charge in [0.15, 0.2) is 0 Å². The van der Waals surface area contributed by atoms with Crippen molar-refractivity contribution in [2.45, 2.75) is 19.5 Å². The van der Waals surface area contributed by atoms with Gasteiger partial charge in [-0.1, -0.05) is 6.07 Å². The quantitative estimate of drug-likeness (QED) is 0.803. The number of carbonyl (C=O) groups is 2. The Balaban J connectivity index is 1.95. The van der Waals surface area contributed by atoms with Gasteiger partial charge < -0.3 is 9.64 Å². The average molecular weight is 315 g/mol. The Morgan fingerprint density at radius 1 is 1.41 bits per heavy atom. The Labute approximate surface area is 125 Å². The highest BCUT2D eigenvalue weighted by molar-refractivity contribution is 5.89. The monoisotopic (exact) mass is 315 g/mol. The van der Waals surface area contributed by atoms with Gasteiger partial charge in [0, 0.05) is 25.4 Å². The first kappa shape index (κ1) is 16.3. The van der Waals surface area contributed by atoms with E-state index in [1.807, 2.05) is 6.92 Å². The molecule has 1 saturated heterocycles. The third-order valence-electron chi connectivity index (χ3n) is 3.55. The number of halogens is 3. The van der Waals surface area contributed by atoms with E-state index >= 15 is 0 Å². The molecule has 1 aromatic rings. The van der Waals surface area contributed by atoms with E-state index in [1.165, 1.54) is 6.07 Å². The maximum Gasteiger partial charge on any atom is 0.416 e. The standard InChI is InChI=1S/C15H16F3NO3/c1-2-19-8-10(6-13(19)20)9-22-14(21)11-4-3-5-12(7-11)15(16,17)18/h3-5,7,10H,2,6,8-9H2,1H3/t10-/m0/s1. The highest BCUT2D eigenvalue weighted by atomic mass is 19.4. The van der Waals surface area contributed by atoms with Crippen LogP contribution in [0.25, 0.3) is 0 Å². The minimum absolute atomic E-state index is 0.00242. The third kappa shape index (κ3) is 3.78. The lowest BCUT2D eigenvalue weighted by molar-refractivity contribution is -0.137. The summed E-state index contributed by atoms with van der Waals surface area (Å²) in [5.74, 6) is -0.918. The summed E-state index contributed by atoms with van der Waals surface area (Å²) in [5, 5.41) is 0. The first-order valence-electron chi connectivity index (χ1n) is 6.93. The topological polar surface area (TPSA) is 46.6 Å². The molecule has 1 aromatic carbocycles. The molecule has 1 atom stereocenters.